The van der Waals surface area contributed by atoms with Crippen molar-refractivity contribution in [1.29, 1.82) is 0 Å². The highest BCUT2D eigenvalue weighted by atomic mass is 79.9. The van der Waals surface area contributed by atoms with E-state index in [9.17, 15) is 4.79 Å². The molecule has 0 atom stereocenters. The first-order valence-corrected chi connectivity index (χ1v) is 9.26. The van der Waals surface area contributed by atoms with Crippen molar-refractivity contribution in [3.63, 3.8) is 0 Å². The van der Waals surface area contributed by atoms with Gasteiger partial charge in [-0.3, -0.25) is 0 Å². The molecule has 132 valence electrons. The van der Waals surface area contributed by atoms with E-state index in [1.165, 1.54) is 0 Å². The maximum Gasteiger partial charge on any atom is 0.320 e. The second-order valence-corrected chi connectivity index (χ2v) is 7.26. The number of rotatable bonds is 4. The van der Waals surface area contributed by atoms with Crippen LogP contribution >= 0.6 is 15.9 Å². The number of aromatic nitrogens is 3. The fraction of sp³-hybridized carbons (Fsp3) is 0.211. The average molecular weight is 412 g/mol. The largest absolute Gasteiger partial charge is 0.328 e. The number of carbonyl (C=O) groups excluding carboxylic acids is 1. The first-order chi connectivity index (χ1) is 12.7. The molecule has 26 heavy (non-hydrogen) atoms. The highest BCUT2D eigenvalue weighted by molar-refractivity contribution is 9.10. The van der Waals surface area contributed by atoms with Gasteiger partial charge in [-0.2, -0.15) is 5.10 Å². The van der Waals surface area contributed by atoms with Crippen molar-refractivity contribution in [3.05, 3.63) is 71.1 Å². The number of hydrogen-bond acceptors (Lipinski definition) is 3. The van der Waals surface area contributed by atoms with Crippen LogP contribution in [0.1, 0.15) is 24.8 Å². The molecule has 1 aliphatic rings. The summed E-state index contributed by atoms with van der Waals surface area (Å²) < 4.78 is 2.66. The number of amides is 2. The number of benzene rings is 1. The second-order valence-electron chi connectivity index (χ2n) is 6.35. The molecule has 2 N–H and O–H groups in total. The molecule has 2 amide bonds. The Morgan fingerprint density at radius 1 is 1.12 bits per heavy atom. The monoisotopic (exact) mass is 411 g/mol. The summed E-state index contributed by atoms with van der Waals surface area (Å²) in [4.78, 5) is 17.0. The van der Waals surface area contributed by atoms with Crippen LogP contribution in [0.2, 0.25) is 0 Å². The third-order valence-electron chi connectivity index (χ3n) is 4.71. The summed E-state index contributed by atoms with van der Waals surface area (Å²) in [5.74, 6) is 0.582. The molecule has 1 saturated carbocycles. The molecule has 3 aromatic rings. The zero-order valence-corrected chi connectivity index (χ0v) is 15.6. The Bertz CT molecular complexity index is 904. The van der Waals surface area contributed by atoms with Crippen molar-refractivity contribution in [2.45, 2.75) is 24.8 Å². The minimum Gasteiger partial charge on any atom is -0.328 e. The normalized spacial score (nSPS) is 15.1. The third kappa shape index (κ3) is 3.22. The standard InChI is InChI=1S/C19H18BrN5O/c20-15-7-5-14(6-8-15)19(9-2-10-19)24-18(26)23-16-4-1-11-21-17(16)25-13-3-12-22-25/h1,3-8,11-13H,2,9-10H2,(H2,23,24,26). The SMILES string of the molecule is O=C(Nc1cccnc1-n1cccn1)NC1(c2ccc(Br)cc2)CCC1. The third-order valence-corrected chi connectivity index (χ3v) is 5.24. The van der Waals surface area contributed by atoms with E-state index < -0.39 is 0 Å². The van der Waals surface area contributed by atoms with Gasteiger partial charge in [0.1, 0.15) is 0 Å². The summed E-state index contributed by atoms with van der Waals surface area (Å²) >= 11 is 3.46. The molecule has 4 rings (SSSR count). The summed E-state index contributed by atoms with van der Waals surface area (Å²) in [7, 11) is 0. The van der Waals surface area contributed by atoms with Crippen molar-refractivity contribution in [1.82, 2.24) is 20.1 Å². The topological polar surface area (TPSA) is 71.8 Å². The molecular weight excluding hydrogens is 394 g/mol. The summed E-state index contributed by atoms with van der Waals surface area (Å²) in [6, 6.07) is 13.3. The van der Waals surface area contributed by atoms with E-state index >= 15 is 0 Å². The smallest absolute Gasteiger partial charge is 0.320 e. The molecule has 7 heteroatoms. The molecule has 2 heterocycles. The number of nitrogens with one attached hydrogen (secondary N) is 2. The molecule has 0 saturated heterocycles. The Kier molecular flexibility index (Phi) is 4.46. The predicted octanol–water partition coefficient (Wildman–Crippen LogP) is 4.23. The first kappa shape index (κ1) is 16.8. The zero-order valence-electron chi connectivity index (χ0n) is 14.0. The van der Waals surface area contributed by atoms with Crippen LogP contribution in [0.25, 0.3) is 5.82 Å². The van der Waals surface area contributed by atoms with Crippen LogP contribution in [0.4, 0.5) is 10.5 Å². The number of carbonyl (C=O) groups is 1. The fourth-order valence-corrected chi connectivity index (χ4v) is 3.49. The molecule has 6 nitrogen and oxygen atoms in total. The number of urea groups is 1. The average Bonchev–Trinajstić information content (AvgIpc) is 3.14. The molecule has 0 bridgehead atoms. The van der Waals surface area contributed by atoms with Gasteiger partial charge in [0.05, 0.1) is 11.2 Å². The number of pyridine rings is 1. The number of hydrogen-bond donors (Lipinski definition) is 2. The van der Waals surface area contributed by atoms with Gasteiger partial charge < -0.3 is 10.6 Å². The Hall–Kier alpha value is -2.67. The van der Waals surface area contributed by atoms with Gasteiger partial charge in [-0.25, -0.2) is 14.5 Å². The quantitative estimate of drug-likeness (QED) is 0.674. The minimum absolute atomic E-state index is 0.242. The van der Waals surface area contributed by atoms with Gasteiger partial charge in [0.15, 0.2) is 5.82 Å². The maximum absolute atomic E-state index is 12.7. The molecule has 0 spiro atoms. The lowest BCUT2D eigenvalue weighted by Gasteiger charge is -2.43. The fourth-order valence-electron chi connectivity index (χ4n) is 3.23. The summed E-state index contributed by atoms with van der Waals surface area (Å²) in [5.41, 5.74) is 1.43. The molecule has 1 aliphatic carbocycles. The van der Waals surface area contributed by atoms with Gasteiger partial charge in [0.2, 0.25) is 0 Å². The lowest BCUT2D eigenvalue weighted by atomic mass is 9.72. The zero-order chi connectivity index (χ0) is 18.0. The highest BCUT2D eigenvalue weighted by Gasteiger charge is 2.40. The molecular formula is C19H18BrN5O. The van der Waals surface area contributed by atoms with E-state index in [2.05, 4.69) is 48.8 Å². The highest BCUT2D eigenvalue weighted by Crippen LogP contribution is 2.41. The Morgan fingerprint density at radius 3 is 2.58 bits per heavy atom. The minimum atomic E-state index is -0.307. The summed E-state index contributed by atoms with van der Waals surface area (Å²) in [5, 5.41) is 10.3. The Balaban J connectivity index is 1.53. The number of anilines is 1. The van der Waals surface area contributed by atoms with Gasteiger partial charge in [-0.05, 0) is 55.2 Å². The van der Waals surface area contributed by atoms with Gasteiger partial charge in [0.25, 0.3) is 0 Å². The van der Waals surface area contributed by atoms with Crippen molar-refractivity contribution < 1.29 is 4.79 Å². The van der Waals surface area contributed by atoms with Gasteiger partial charge in [-0.15, -0.1) is 0 Å². The number of nitrogens with zero attached hydrogens (tertiary/aromatic N) is 3. The van der Waals surface area contributed by atoms with Crippen molar-refractivity contribution >= 4 is 27.6 Å². The van der Waals surface area contributed by atoms with Crippen molar-refractivity contribution in [3.8, 4) is 5.82 Å². The van der Waals surface area contributed by atoms with E-state index in [0.29, 0.717) is 11.5 Å². The van der Waals surface area contributed by atoms with E-state index in [1.54, 1.807) is 29.3 Å². The molecule has 0 radical (unpaired) electrons. The predicted molar refractivity (Wildman–Crippen MR) is 103 cm³/mol. The van der Waals surface area contributed by atoms with Crippen molar-refractivity contribution in [2.75, 3.05) is 5.32 Å². The lowest BCUT2D eigenvalue weighted by Crippen LogP contribution is -2.52. The first-order valence-electron chi connectivity index (χ1n) is 8.47. The molecule has 2 aromatic heterocycles. The van der Waals surface area contributed by atoms with Gasteiger partial charge in [-0.1, -0.05) is 28.1 Å². The summed E-state index contributed by atoms with van der Waals surface area (Å²) in [6.07, 6.45) is 8.11. The van der Waals surface area contributed by atoms with E-state index in [-0.39, 0.29) is 11.6 Å². The Morgan fingerprint density at radius 2 is 1.92 bits per heavy atom. The van der Waals surface area contributed by atoms with Crippen LogP contribution < -0.4 is 10.6 Å². The van der Waals surface area contributed by atoms with Crippen molar-refractivity contribution in [2.24, 2.45) is 0 Å². The lowest BCUT2D eigenvalue weighted by molar-refractivity contribution is 0.185. The Labute approximate surface area is 159 Å². The molecule has 0 unspecified atom stereocenters. The van der Waals surface area contributed by atoms with Crippen LogP contribution in [0.15, 0.2) is 65.5 Å². The van der Waals surface area contributed by atoms with Gasteiger partial charge in [0, 0.05) is 23.1 Å². The second kappa shape index (κ2) is 6.92. The molecule has 1 fully saturated rings. The van der Waals surface area contributed by atoms with Crippen LogP contribution in [-0.2, 0) is 5.54 Å². The van der Waals surface area contributed by atoms with Crippen LogP contribution in [0.5, 0.6) is 0 Å². The van der Waals surface area contributed by atoms with Crippen LogP contribution in [0, 0.1) is 0 Å². The van der Waals surface area contributed by atoms with E-state index in [0.717, 1.165) is 29.3 Å². The van der Waals surface area contributed by atoms with Crippen LogP contribution in [0.3, 0.4) is 0 Å². The molecule has 1 aromatic carbocycles. The van der Waals surface area contributed by atoms with Crippen LogP contribution in [-0.4, -0.2) is 20.8 Å². The number of halogens is 1. The maximum atomic E-state index is 12.7. The van der Waals surface area contributed by atoms with Gasteiger partial charge >= 0.3 is 6.03 Å². The molecule has 0 aliphatic heterocycles. The van der Waals surface area contributed by atoms with E-state index in [1.807, 2.05) is 24.3 Å². The van der Waals surface area contributed by atoms with E-state index in [4.69, 9.17) is 0 Å². The summed E-state index contributed by atoms with van der Waals surface area (Å²) in [6.45, 7) is 0.